The second-order valence-corrected chi connectivity index (χ2v) is 4.98. The molecule has 0 amide bonds. The molecule has 1 aliphatic heterocycles. The highest BCUT2D eigenvalue weighted by Crippen LogP contribution is 2.08. The van der Waals surface area contributed by atoms with Crippen LogP contribution in [-0.4, -0.2) is 48.8 Å². The number of nitrogens with one attached hydrogen (secondary N) is 1. The van der Waals surface area contributed by atoms with Gasteiger partial charge in [-0.3, -0.25) is 0 Å². The van der Waals surface area contributed by atoms with E-state index in [2.05, 4.69) is 17.1 Å². The number of hydrogen-bond donors (Lipinski definition) is 2. The average Bonchev–Trinajstić information content (AvgIpc) is 2.79. The molecule has 2 N–H and O–H groups in total. The van der Waals surface area contributed by atoms with Crippen LogP contribution in [-0.2, 0) is 0 Å². The van der Waals surface area contributed by atoms with Gasteiger partial charge in [0.15, 0.2) is 0 Å². The van der Waals surface area contributed by atoms with Crippen LogP contribution in [0.4, 0.5) is 0 Å². The third-order valence-corrected chi connectivity index (χ3v) is 3.39. The van der Waals surface area contributed by atoms with E-state index in [1.165, 1.54) is 45.3 Å². The molecule has 0 radical (unpaired) electrons. The maximum Gasteiger partial charge on any atom is 0.0431 e. The number of nitrogens with zero attached hydrogens (tertiary/aromatic N) is 1. The number of rotatable bonds is 9. The molecule has 0 aromatic rings. The lowest BCUT2D eigenvalue weighted by Gasteiger charge is -2.15. The zero-order chi connectivity index (χ0) is 11.6. The topological polar surface area (TPSA) is 35.5 Å². The first kappa shape index (κ1) is 13.9. The Kier molecular flexibility index (Phi) is 7.81. The van der Waals surface area contributed by atoms with Crippen LogP contribution in [0.5, 0.6) is 0 Å². The molecule has 1 atom stereocenters. The summed E-state index contributed by atoms with van der Waals surface area (Å²) >= 11 is 0. The number of hydrogen-bond acceptors (Lipinski definition) is 3. The average molecular weight is 228 g/mol. The van der Waals surface area contributed by atoms with Gasteiger partial charge in [0.2, 0.25) is 0 Å². The van der Waals surface area contributed by atoms with Crippen molar-refractivity contribution >= 4 is 0 Å². The molecule has 96 valence electrons. The van der Waals surface area contributed by atoms with Gasteiger partial charge in [0, 0.05) is 12.6 Å². The molecule has 0 aliphatic carbocycles. The van der Waals surface area contributed by atoms with Crippen LogP contribution in [0.2, 0.25) is 0 Å². The van der Waals surface area contributed by atoms with Crippen LogP contribution < -0.4 is 5.32 Å². The Bertz CT molecular complexity index is 158. The summed E-state index contributed by atoms with van der Waals surface area (Å²) in [5, 5.41) is 12.2. The lowest BCUT2D eigenvalue weighted by atomic mass is 10.2. The van der Waals surface area contributed by atoms with Gasteiger partial charge in [-0.15, -0.1) is 0 Å². The van der Waals surface area contributed by atoms with Gasteiger partial charge in [-0.2, -0.15) is 0 Å². The van der Waals surface area contributed by atoms with Gasteiger partial charge >= 0.3 is 0 Å². The fraction of sp³-hybridized carbons (Fsp3) is 1.00. The van der Waals surface area contributed by atoms with E-state index in [9.17, 15) is 0 Å². The maximum atomic E-state index is 8.71. The Labute approximate surface area is 100 Å². The minimum absolute atomic E-state index is 0.320. The molecule has 1 fully saturated rings. The molecule has 1 unspecified atom stereocenters. The third-order valence-electron chi connectivity index (χ3n) is 3.39. The normalized spacial score (nSPS) is 19.1. The Morgan fingerprint density at radius 3 is 2.62 bits per heavy atom. The molecule has 3 heteroatoms. The van der Waals surface area contributed by atoms with Crippen molar-refractivity contribution in [1.82, 2.24) is 10.2 Å². The fourth-order valence-electron chi connectivity index (χ4n) is 2.31. The quantitative estimate of drug-likeness (QED) is 0.589. The molecule has 0 spiro atoms. The second kappa shape index (κ2) is 8.97. The largest absolute Gasteiger partial charge is 0.396 e. The third kappa shape index (κ3) is 6.46. The van der Waals surface area contributed by atoms with Crippen LogP contribution in [0, 0.1) is 0 Å². The van der Waals surface area contributed by atoms with Gasteiger partial charge in [0.1, 0.15) is 0 Å². The second-order valence-electron chi connectivity index (χ2n) is 4.98. The molecule has 0 bridgehead atoms. The van der Waals surface area contributed by atoms with Crippen LogP contribution in [0.1, 0.15) is 45.4 Å². The molecule has 0 aromatic carbocycles. The van der Waals surface area contributed by atoms with Crippen molar-refractivity contribution in [2.24, 2.45) is 0 Å². The summed E-state index contributed by atoms with van der Waals surface area (Å²) in [5.41, 5.74) is 0. The zero-order valence-corrected chi connectivity index (χ0v) is 10.7. The summed E-state index contributed by atoms with van der Waals surface area (Å²) in [7, 11) is 0. The van der Waals surface area contributed by atoms with E-state index in [0.717, 1.165) is 19.4 Å². The van der Waals surface area contributed by atoms with Crippen molar-refractivity contribution in [3.05, 3.63) is 0 Å². The number of unbranched alkanes of at least 4 members (excludes halogenated alkanes) is 1. The highest BCUT2D eigenvalue weighted by molar-refractivity contribution is 4.66. The van der Waals surface area contributed by atoms with Crippen molar-refractivity contribution in [2.75, 3.05) is 32.8 Å². The molecule has 16 heavy (non-hydrogen) atoms. The van der Waals surface area contributed by atoms with Gasteiger partial charge in [0.05, 0.1) is 0 Å². The number of likely N-dealkylation sites (tertiary alicyclic amines) is 1. The molecule has 1 saturated heterocycles. The van der Waals surface area contributed by atoms with Crippen molar-refractivity contribution in [3.8, 4) is 0 Å². The molecule has 0 saturated carbocycles. The lowest BCUT2D eigenvalue weighted by molar-refractivity contribution is 0.276. The van der Waals surface area contributed by atoms with Crippen LogP contribution in [0.25, 0.3) is 0 Å². The van der Waals surface area contributed by atoms with Gasteiger partial charge < -0.3 is 15.3 Å². The highest BCUT2D eigenvalue weighted by Gasteiger charge is 2.10. The summed E-state index contributed by atoms with van der Waals surface area (Å²) in [6.45, 7) is 7.57. The smallest absolute Gasteiger partial charge is 0.0431 e. The summed E-state index contributed by atoms with van der Waals surface area (Å²) in [4.78, 5) is 2.58. The Morgan fingerprint density at radius 1 is 1.19 bits per heavy atom. The molecular weight excluding hydrogens is 200 g/mol. The highest BCUT2D eigenvalue weighted by atomic mass is 16.2. The van der Waals surface area contributed by atoms with E-state index in [-0.39, 0.29) is 0 Å². The molecule has 1 rings (SSSR count). The van der Waals surface area contributed by atoms with Gasteiger partial charge in [-0.05, 0) is 71.6 Å². The van der Waals surface area contributed by atoms with E-state index < -0.39 is 0 Å². The zero-order valence-electron chi connectivity index (χ0n) is 10.7. The molecule has 0 aromatic heterocycles. The molecule has 1 heterocycles. The monoisotopic (exact) mass is 228 g/mol. The van der Waals surface area contributed by atoms with E-state index in [1.54, 1.807) is 0 Å². The summed E-state index contributed by atoms with van der Waals surface area (Å²) in [6, 6.07) is 0.555. The first-order valence-corrected chi connectivity index (χ1v) is 6.89. The standard InChI is InChI=1S/C13H28N2O/c1-13(7-6-12-16)14-8-2-3-9-15-10-4-5-11-15/h13-14,16H,2-12H2,1H3. The summed E-state index contributed by atoms with van der Waals surface area (Å²) in [6.07, 6.45) is 7.40. The minimum Gasteiger partial charge on any atom is -0.396 e. The van der Waals surface area contributed by atoms with Gasteiger partial charge in [-0.1, -0.05) is 0 Å². The van der Waals surface area contributed by atoms with Gasteiger partial charge in [-0.25, -0.2) is 0 Å². The summed E-state index contributed by atoms with van der Waals surface area (Å²) in [5.74, 6) is 0. The lowest BCUT2D eigenvalue weighted by Crippen LogP contribution is -2.28. The van der Waals surface area contributed by atoms with Crippen molar-refractivity contribution in [2.45, 2.75) is 51.5 Å². The number of aliphatic hydroxyl groups excluding tert-OH is 1. The van der Waals surface area contributed by atoms with Crippen LogP contribution in [0.15, 0.2) is 0 Å². The SMILES string of the molecule is CC(CCCO)NCCCCN1CCCC1. The minimum atomic E-state index is 0.320. The van der Waals surface area contributed by atoms with Gasteiger partial charge in [0.25, 0.3) is 0 Å². The Balaban J connectivity index is 1.83. The summed E-state index contributed by atoms with van der Waals surface area (Å²) < 4.78 is 0. The van der Waals surface area contributed by atoms with Crippen molar-refractivity contribution in [3.63, 3.8) is 0 Å². The first-order valence-electron chi connectivity index (χ1n) is 6.89. The Hall–Kier alpha value is -0.120. The van der Waals surface area contributed by atoms with E-state index in [1.807, 2.05) is 0 Å². The van der Waals surface area contributed by atoms with Crippen LogP contribution in [0.3, 0.4) is 0 Å². The predicted octanol–water partition coefficient (Wildman–Crippen LogP) is 1.61. The number of aliphatic hydroxyl groups is 1. The van der Waals surface area contributed by atoms with Crippen molar-refractivity contribution < 1.29 is 5.11 Å². The van der Waals surface area contributed by atoms with E-state index >= 15 is 0 Å². The molecule has 1 aliphatic rings. The maximum absolute atomic E-state index is 8.71. The predicted molar refractivity (Wildman–Crippen MR) is 68.7 cm³/mol. The molecular formula is C13H28N2O. The fourth-order valence-corrected chi connectivity index (χ4v) is 2.31. The van der Waals surface area contributed by atoms with E-state index in [0.29, 0.717) is 12.6 Å². The molecule has 3 nitrogen and oxygen atoms in total. The van der Waals surface area contributed by atoms with Crippen LogP contribution >= 0.6 is 0 Å². The van der Waals surface area contributed by atoms with Crippen molar-refractivity contribution in [1.29, 1.82) is 0 Å². The first-order chi connectivity index (χ1) is 7.83. The Morgan fingerprint density at radius 2 is 1.94 bits per heavy atom. The van der Waals surface area contributed by atoms with E-state index in [4.69, 9.17) is 5.11 Å².